The molecule has 0 fully saturated rings. The molecule has 0 saturated heterocycles. The number of ether oxygens (including phenoxy) is 1. The molecule has 3 rings (SSSR count). The summed E-state index contributed by atoms with van der Waals surface area (Å²) in [4.78, 5) is 24.9. The fourth-order valence-electron chi connectivity index (χ4n) is 3.12. The first-order chi connectivity index (χ1) is 14.5. The van der Waals surface area contributed by atoms with Crippen molar-refractivity contribution in [1.82, 2.24) is 5.32 Å². The predicted molar refractivity (Wildman–Crippen MR) is 119 cm³/mol. The molecule has 3 aromatic rings. The van der Waals surface area contributed by atoms with Crippen LogP contribution < -0.4 is 15.4 Å². The van der Waals surface area contributed by atoms with Crippen molar-refractivity contribution in [2.75, 3.05) is 18.5 Å². The van der Waals surface area contributed by atoms with Crippen LogP contribution in [0, 0.1) is 13.8 Å². The molecule has 2 amide bonds. The summed E-state index contributed by atoms with van der Waals surface area (Å²) < 4.78 is 5.65. The lowest BCUT2D eigenvalue weighted by Crippen LogP contribution is -2.27. The molecule has 0 saturated carbocycles. The minimum absolute atomic E-state index is 0.179. The maximum absolute atomic E-state index is 12.6. The number of hydrogen-bond acceptors (Lipinski definition) is 3. The van der Waals surface area contributed by atoms with Gasteiger partial charge in [-0.05, 0) is 49.6 Å². The highest BCUT2D eigenvalue weighted by molar-refractivity contribution is 5.97. The first kappa shape index (κ1) is 21.1. The van der Waals surface area contributed by atoms with E-state index in [-0.39, 0.29) is 18.4 Å². The molecule has 154 valence electrons. The van der Waals surface area contributed by atoms with E-state index in [1.807, 2.05) is 62.4 Å². The standard InChI is InChI=1S/C25H26N2O3/c1-18-12-13-22(19(2)16-18)27-24(28)17-30-23-11-7-6-10-21(23)25(29)26-15-14-20-8-4-3-5-9-20/h3-13,16H,14-15,17H2,1-2H3,(H,26,29)(H,27,28). The van der Waals surface area contributed by atoms with Gasteiger partial charge in [-0.25, -0.2) is 0 Å². The Balaban J connectivity index is 1.55. The molecular weight excluding hydrogens is 376 g/mol. The molecule has 0 bridgehead atoms. The number of benzene rings is 3. The van der Waals surface area contributed by atoms with Crippen molar-refractivity contribution in [1.29, 1.82) is 0 Å². The number of carbonyl (C=O) groups is 2. The Bertz CT molecular complexity index is 1020. The molecule has 0 unspecified atom stereocenters. The van der Waals surface area contributed by atoms with E-state index in [2.05, 4.69) is 10.6 Å². The number of rotatable bonds is 8. The van der Waals surface area contributed by atoms with Crippen molar-refractivity contribution in [3.63, 3.8) is 0 Å². The topological polar surface area (TPSA) is 67.4 Å². The van der Waals surface area contributed by atoms with E-state index in [4.69, 9.17) is 4.74 Å². The smallest absolute Gasteiger partial charge is 0.262 e. The number of amides is 2. The van der Waals surface area contributed by atoms with Crippen molar-refractivity contribution in [3.8, 4) is 5.75 Å². The van der Waals surface area contributed by atoms with Gasteiger partial charge in [-0.1, -0.05) is 60.2 Å². The van der Waals surface area contributed by atoms with Crippen LogP contribution >= 0.6 is 0 Å². The molecule has 5 heteroatoms. The van der Waals surface area contributed by atoms with E-state index in [9.17, 15) is 9.59 Å². The number of aryl methyl sites for hydroxylation is 2. The van der Waals surface area contributed by atoms with E-state index in [0.29, 0.717) is 17.9 Å². The Hall–Kier alpha value is -3.60. The molecule has 2 N–H and O–H groups in total. The van der Waals surface area contributed by atoms with E-state index < -0.39 is 0 Å². The van der Waals surface area contributed by atoms with Gasteiger partial charge in [0.2, 0.25) is 0 Å². The van der Waals surface area contributed by atoms with Crippen molar-refractivity contribution in [3.05, 3.63) is 95.1 Å². The first-order valence-corrected chi connectivity index (χ1v) is 9.94. The van der Waals surface area contributed by atoms with Crippen LogP contribution in [-0.2, 0) is 11.2 Å². The molecule has 5 nitrogen and oxygen atoms in total. The van der Waals surface area contributed by atoms with E-state index >= 15 is 0 Å². The zero-order chi connectivity index (χ0) is 21.3. The summed E-state index contributed by atoms with van der Waals surface area (Å²) in [7, 11) is 0. The van der Waals surface area contributed by atoms with Gasteiger partial charge < -0.3 is 15.4 Å². The summed E-state index contributed by atoms with van der Waals surface area (Å²) in [5, 5.41) is 5.75. The number of anilines is 1. The van der Waals surface area contributed by atoms with E-state index in [1.165, 1.54) is 0 Å². The predicted octanol–water partition coefficient (Wildman–Crippen LogP) is 4.29. The fraction of sp³-hybridized carbons (Fsp3) is 0.200. The number of nitrogens with one attached hydrogen (secondary N) is 2. The molecule has 0 heterocycles. The Labute approximate surface area is 177 Å². The van der Waals surface area contributed by atoms with Gasteiger partial charge in [0.05, 0.1) is 5.56 Å². The molecule has 3 aromatic carbocycles. The quantitative estimate of drug-likeness (QED) is 0.591. The third-order valence-corrected chi connectivity index (χ3v) is 4.69. The van der Waals surface area contributed by atoms with Crippen molar-refractivity contribution in [2.45, 2.75) is 20.3 Å². The minimum Gasteiger partial charge on any atom is -0.483 e. The van der Waals surface area contributed by atoms with Crippen LogP contribution in [0.3, 0.4) is 0 Å². The normalized spacial score (nSPS) is 10.3. The van der Waals surface area contributed by atoms with Gasteiger partial charge in [0.25, 0.3) is 11.8 Å². The van der Waals surface area contributed by atoms with Crippen LogP contribution in [0.15, 0.2) is 72.8 Å². The SMILES string of the molecule is Cc1ccc(NC(=O)COc2ccccc2C(=O)NCCc2ccccc2)c(C)c1. The molecule has 0 aliphatic carbocycles. The second kappa shape index (κ2) is 10.3. The molecular formula is C25H26N2O3. The number of carbonyl (C=O) groups excluding carboxylic acids is 2. The number of para-hydroxylation sites is 1. The van der Waals surface area contributed by atoms with Gasteiger partial charge in [-0.2, -0.15) is 0 Å². The highest BCUT2D eigenvalue weighted by Crippen LogP contribution is 2.19. The molecule has 0 aliphatic rings. The van der Waals surface area contributed by atoms with Gasteiger partial charge in [0.1, 0.15) is 5.75 Å². The zero-order valence-corrected chi connectivity index (χ0v) is 17.3. The van der Waals surface area contributed by atoms with Gasteiger partial charge >= 0.3 is 0 Å². The maximum Gasteiger partial charge on any atom is 0.262 e. The third kappa shape index (κ3) is 5.95. The Morgan fingerprint density at radius 1 is 0.900 bits per heavy atom. The van der Waals surface area contributed by atoms with Crippen LogP contribution in [-0.4, -0.2) is 25.0 Å². The summed E-state index contributed by atoms with van der Waals surface area (Å²) in [6.45, 7) is 4.29. The van der Waals surface area contributed by atoms with Crippen LogP contribution in [0.4, 0.5) is 5.69 Å². The lowest BCUT2D eigenvalue weighted by molar-refractivity contribution is -0.118. The molecule has 0 aliphatic heterocycles. The van der Waals surface area contributed by atoms with Gasteiger partial charge in [-0.3, -0.25) is 9.59 Å². The summed E-state index contributed by atoms with van der Waals surface area (Å²) in [5.41, 5.74) is 4.44. The Kier molecular flexibility index (Phi) is 7.22. The second-order valence-corrected chi connectivity index (χ2v) is 7.14. The minimum atomic E-state index is -0.277. The molecule has 30 heavy (non-hydrogen) atoms. The molecule has 0 radical (unpaired) electrons. The Morgan fingerprint density at radius 3 is 2.40 bits per heavy atom. The van der Waals surface area contributed by atoms with Crippen LogP contribution in [0.25, 0.3) is 0 Å². The van der Waals surface area contributed by atoms with Gasteiger partial charge in [0, 0.05) is 12.2 Å². The van der Waals surface area contributed by atoms with E-state index in [1.54, 1.807) is 24.3 Å². The zero-order valence-electron chi connectivity index (χ0n) is 17.3. The monoisotopic (exact) mass is 402 g/mol. The van der Waals surface area contributed by atoms with Gasteiger partial charge in [0.15, 0.2) is 6.61 Å². The summed E-state index contributed by atoms with van der Waals surface area (Å²) >= 11 is 0. The van der Waals surface area contributed by atoms with Crippen LogP contribution in [0.5, 0.6) is 5.75 Å². The van der Waals surface area contributed by atoms with Gasteiger partial charge in [-0.15, -0.1) is 0 Å². The summed E-state index contributed by atoms with van der Waals surface area (Å²) in [6.07, 6.45) is 0.744. The lowest BCUT2D eigenvalue weighted by atomic mass is 10.1. The first-order valence-electron chi connectivity index (χ1n) is 9.94. The average Bonchev–Trinajstić information content (AvgIpc) is 2.75. The van der Waals surface area contributed by atoms with Crippen molar-refractivity contribution in [2.24, 2.45) is 0 Å². The van der Waals surface area contributed by atoms with E-state index in [0.717, 1.165) is 28.8 Å². The van der Waals surface area contributed by atoms with Crippen molar-refractivity contribution < 1.29 is 14.3 Å². The second-order valence-electron chi connectivity index (χ2n) is 7.14. The Morgan fingerprint density at radius 2 is 1.63 bits per heavy atom. The van der Waals surface area contributed by atoms with Crippen LogP contribution in [0.2, 0.25) is 0 Å². The molecule has 0 aromatic heterocycles. The maximum atomic E-state index is 12.6. The van der Waals surface area contributed by atoms with Crippen LogP contribution in [0.1, 0.15) is 27.0 Å². The number of hydrogen-bond donors (Lipinski definition) is 2. The highest BCUT2D eigenvalue weighted by atomic mass is 16.5. The largest absolute Gasteiger partial charge is 0.483 e. The van der Waals surface area contributed by atoms with Crippen molar-refractivity contribution >= 4 is 17.5 Å². The summed E-state index contributed by atoms with van der Waals surface area (Å²) in [5.74, 6) is -0.122. The third-order valence-electron chi connectivity index (χ3n) is 4.69. The molecule has 0 atom stereocenters. The fourth-order valence-corrected chi connectivity index (χ4v) is 3.12. The molecule has 0 spiro atoms. The lowest BCUT2D eigenvalue weighted by Gasteiger charge is -2.13. The average molecular weight is 402 g/mol. The highest BCUT2D eigenvalue weighted by Gasteiger charge is 2.13. The summed E-state index contributed by atoms with van der Waals surface area (Å²) in [6, 6.07) is 22.7.